The van der Waals surface area contributed by atoms with E-state index in [0.717, 1.165) is 25.6 Å². The number of nitrogens with one attached hydrogen (secondary N) is 1. The molecular weight excluding hydrogens is 198 g/mol. The van der Waals surface area contributed by atoms with Gasteiger partial charge < -0.3 is 5.32 Å². The molecule has 16 heavy (non-hydrogen) atoms. The monoisotopic (exact) mass is 223 g/mol. The Morgan fingerprint density at radius 2 is 2.19 bits per heavy atom. The van der Waals surface area contributed by atoms with Crippen LogP contribution < -0.4 is 5.32 Å². The average Bonchev–Trinajstić information content (AvgIpc) is 2.27. The van der Waals surface area contributed by atoms with E-state index in [0.29, 0.717) is 12.6 Å². The number of rotatable bonds is 6. The molecule has 1 rings (SSSR count). The largest absolute Gasteiger partial charge is 0.313 e. The highest BCUT2D eigenvalue weighted by atomic mass is 15.2. The lowest BCUT2D eigenvalue weighted by Crippen LogP contribution is -2.49. The summed E-state index contributed by atoms with van der Waals surface area (Å²) in [5.74, 6) is 0.783. The van der Waals surface area contributed by atoms with Gasteiger partial charge in [0.05, 0.1) is 12.6 Å². The minimum Gasteiger partial charge on any atom is -0.313 e. The first kappa shape index (κ1) is 13.5. The Hall–Kier alpha value is -0.590. The Kier molecular flexibility index (Phi) is 6.44. The lowest BCUT2D eigenvalue weighted by Gasteiger charge is -2.37. The third-order valence-electron chi connectivity index (χ3n) is 3.37. The van der Waals surface area contributed by atoms with Crippen molar-refractivity contribution in [1.29, 1.82) is 5.26 Å². The van der Waals surface area contributed by atoms with Crippen molar-refractivity contribution in [3.05, 3.63) is 0 Å². The van der Waals surface area contributed by atoms with Crippen molar-refractivity contribution in [3.63, 3.8) is 0 Å². The van der Waals surface area contributed by atoms with Crippen LogP contribution >= 0.6 is 0 Å². The van der Waals surface area contributed by atoms with E-state index in [1.54, 1.807) is 0 Å². The SMILES string of the molecule is CCCCC1CC(NCC)CN(CC#N)C1. The summed E-state index contributed by atoms with van der Waals surface area (Å²) in [6, 6.07) is 2.87. The second-order valence-corrected chi connectivity index (χ2v) is 4.85. The van der Waals surface area contributed by atoms with Gasteiger partial charge in [0, 0.05) is 19.1 Å². The summed E-state index contributed by atoms with van der Waals surface area (Å²) in [5, 5.41) is 12.3. The van der Waals surface area contributed by atoms with Gasteiger partial charge in [-0.15, -0.1) is 0 Å². The topological polar surface area (TPSA) is 39.1 Å². The number of likely N-dealkylation sites (N-methyl/N-ethyl adjacent to an activating group) is 1. The van der Waals surface area contributed by atoms with Crippen LogP contribution in [0.5, 0.6) is 0 Å². The van der Waals surface area contributed by atoms with Crippen molar-refractivity contribution >= 4 is 0 Å². The van der Waals surface area contributed by atoms with Crippen LogP contribution in [0.3, 0.4) is 0 Å². The van der Waals surface area contributed by atoms with Gasteiger partial charge in [-0.05, 0) is 25.3 Å². The standard InChI is InChI=1S/C13H25N3/c1-3-5-6-12-9-13(15-4-2)11-16(10-12)8-7-14/h12-13,15H,3-6,8-11H2,1-2H3. The van der Waals surface area contributed by atoms with Crippen molar-refractivity contribution in [2.45, 2.75) is 45.6 Å². The van der Waals surface area contributed by atoms with Crippen molar-refractivity contribution in [1.82, 2.24) is 10.2 Å². The molecule has 1 N–H and O–H groups in total. The predicted octanol–water partition coefficient (Wildman–Crippen LogP) is 2.00. The zero-order chi connectivity index (χ0) is 11.8. The quantitative estimate of drug-likeness (QED) is 0.700. The maximum Gasteiger partial charge on any atom is 0.0866 e. The molecule has 0 amide bonds. The maximum atomic E-state index is 8.78. The van der Waals surface area contributed by atoms with Crippen LogP contribution in [0.2, 0.25) is 0 Å². The average molecular weight is 223 g/mol. The molecule has 0 radical (unpaired) electrons. The Bertz CT molecular complexity index is 222. The molecule has 0 spiro atoms. The van der Waals surface area contributed by atoms with Gasteiger partial charge >= 0.3 is 0 Å². The van der Waals surface area contributed by atoms with Crippen LogP contribution in [0.4, 0.5) is 0 Å². The molecule has 1 fully saturated rings. The third-order valence-corrected chi connectivity index (χ3v) is 3.37. The number of unbranched alkanes of at least 4 members (excludes halogenated alkanes) is 1. The predicted molar refractivity (Wildman–Crippen MR) is 67.1 cm³/mol. The van der Waals surface area contributed by atoms with Crippen molar-refractivity contribution in [2.24, 2.45) is 5.92 Å². The van der Waals surface area contributed by atoms with E-state index in [1.807, 2.05) is 0 Å². The molecule has 1 saturated heterocycles. The van der Waals surface area contributed by atoms with Crippen molar-refractivity contribution in [3.8, 4) is 6.07 Å². The van der Waals surface area contributed by atoms with Gasteiger partial charge in [0.2, 0.25) is 0 Å². The van der Waals surface area contributed by atoms with E-state index >= 15 is 0 Å². The van der Waals surface area contributed by atoms with Crippen LogP contribution in [0, 0.1) is 17.2 Å². The van der Waals surface area contributed by atoms with Crippen LogP contribution in [0.1, 0.15) is 39.5 Å². The summed E-state index contributed by atoms with van der Waals surface area (Å²) in [6.07, 6.45) is 5.21. The summed E-state index contributed by atoms with van der Waals surface area (Å²) in [6.45, 7) is 8.19. The van der Waals surface area contributed by atoms with Gasteiger partial charge in [-0.3, -0.25) is 4.90 Å². The normalized spacial score (nSPS) is 26.6. The van der Waals surface area contributed by atoms with E-state index in [-0.39, 0.29) is 0 Å². The van der Waals surface area contributed by atoms with E-state index in [2.05, 4.69) is 30.1 Å². The fourth-order valence-corrected chi connectivity index (χ4v) is 2.67. The number of hydrogen-bond donors (Lipinski definition) is 1. The van der Waals surface area contributed by atoms with Gasteiger partial charge in [0.1, 0.15) is 0 Å². The van der Waals surface area contributed by atoms with E-state index < -0.39 is 0 Å². The molecule has 0 saturated carbocycles. The van der Waals surface area contributed by atoms with Gasteiger partial charge in [-0.25, -0.2) is 0 Å². The molecule has 0 aromatic rings. The van der Waals surface area contributed by atoms with Crippen molar-refractivity contribution in [2.75, 3.05) is 26.2 Å². The molecule has 0 aliphatic carbocycles. The molecule has 2 atom stereocenters. The Labute approximate surface area is 99.8 Å². The molecule has 92 valence electrons. The first-order valence-electron chi connectivity index (χ1n) is 6.62. The Morgan fingerprint density at radius 3 is 2.81 bits per heavy atom. The molecular formula is C13H25N3. The second-order valence-electron chi connectivity index (χ2n) is 4.85. The molecule has 1 aliphatic heterocycles. The highest BCUT2D eigenvalue weighted by Gasteiger charge is 2.25. The molecule has 3 nitrogen and oxygen atoms in total. The zero-order valence-corrected chi connectivity index (χ0v) is 10.7. The maximum absolute atomic E-state index is 8.78. The number of nitrogens with zero attached hydrogens (tertiary/aromatic N) is 2. The number of hydrogen-bond acceptors (Lipinski definition) is 3. The summed E-state index contributed by atoms with van der Waals surface area (Å²) in [4.78, 5) is 2.30. The number of likely N-dealkylation sites (tertiary alicyclic amines) is 1. The molecule has 0 aromatic carbocycles. The van der Waals surface area contributed by atoms with Crippen LogP contribution in [0.15, 0.2) is 0 Å². The first-order chi connectivity index (χ1) is 7.80. The van der Waals surface area contributed by atoms with E-state index in [4.69, 9.17) is 5.26 Å². The fraction of sp³-hybridized carbons (Fsp3) is 0.923. The molecule has 0 bridgehead atoms. The second kappa shape index (κ2) is 7.65. The van der Waals surface area contributed by atoms with Gasteiger partial charge in [-0.2, -0.15) is 5.26 Å². The van der Waals surface area contributed by atoms with Crippen molar-refractivity contribution < 1.29 is 0 Å². The summed E-state index contributed by atoms with van der Waals surface area (Å²) >= 11 is 0. The van der Waals surface area contributed by atoms with E-state index in [1.165, 1.54) is 25.7 Å². The number of piperidine rings is 1. The Morgan fingerprint density at radius 1 is 1.38 bits per heavy atom. The highest BCUT2D eigenvalue weighted by molar-refractivity contribution is 4.87. The zero-order valence-electron chi connectivity index (χ0n) is 10.7. The molecule has 2 unspecified atom stereocenters. The Balaban J connectivity index is 2.42. The summed E-state index contributed by atoms with van der Waals surface area (Å²) in [7, 11) is 0. The lowest BCUT2D eigenvalue weighted by molar-refractivity contribution is 0.149. The smallest absolute Gasteiger partial charge is 0.0866 e. The first-order valence-corrected chi connectivity index (χ1v) is 6.62. The van der Waals surface area contributed by atoms with Crippen LogP contribution in [0.25, 0.3) is 0 Å². The summed E-state index contributed by atoms with van der Waals surface area (Å²) in [5.41, 5.74) is 0. The van der Waals surface area contributed by atoms with Gasteiger partial charge in [0.25, 0.3) is 0 Å². The van der Waals surface area contributed by atoms with Gasteiger partial charge in [-0.1, -0.05) is 26.7 Å². The van der Waals surface area contributed by atoms with Crippen LogP contribution in [-0.2, 0) is 0 Å². The van der Waals surface area contributed by atoms with Crippen LogP contribution in [-0.4, -0.2) is 37.1 Å². The minimum atomic E-state index is 0.588. The highest BCUT2D eigenvalue weighted by Crippen LogP contribution is 2.21. The molecule has 1 heterocycles. The molecule has 0 aromatic heterocycles. The summed E-state index contributed by atoms with van der Waals surface area (Å²) < 4.78 is 0. The number of nitriles is 1. The van der Waals surface area contributed by atoms with Gasteiger partial charge in [0.15, 0.2) is 0 Å². The lowest BCUT2D eigenvalue weighted by atomic mass is 9.90. The third kappa shape index (κ3) is 4.51. The molecule has 3 heteroatoms. The fourth-order valence-electron chi connectivity index (χ4n) is 2.67. The minimum absolute atomic E-state index is 0.588. The molecule has 1 aliphatic rings. The van der Waals surface area contributed by atoms with E-state index in [9.17, 15) is 0 Å².